The number of hydrogen-bond acceptors (Lipinski definition) is 3. The number of nitrogens with zero attached hydrogens (tertiary/aromatic N) is 3. The van der Waals surface area contributed by atoms with Gasteiger partial charge < -0.3 is 5.73 Å². The van der Waals surface area contributed by atoms with Crippen LogP contribution in [0.4, 0.5) is 0 Å². The number of amidine groups is 1. The van der Waals surface area contributed by atoms with Crippen LogP contribution >= 0.6 is 23.2 Å². The van der Waals surface area contributed by atoms with Gasteiger partial charge in [-0.25, -0.2) is 0 Å². The predicted molar refractivity (Wildman–Crippen MR) is 105 cm³/mol. The first-order valence-corrected chi connectivity index (χ1v) is 8.66. The summed E-state index contributed by atoms with van der Waals surface area (Å²) in [5.41, 5.74) is 10.8. The molecule has 3 aromatic rings. The van der Waals surface area contributed by atoms with Crippen molar-refractivity contribution in [1.82, 2.24) is 9.97 Å². The van der Waals surface area contributed by atoms with Crippen LogP contribution in [0.5, 0.6) is 0 Å². The van der Waals surface area contributed by atoms with Crippen LogP contribution in [0.25, 0.3) is 10.9 Å². The normalized spacial score (nSPS) is 11.9. The summed E-state index contributed by atoms with van der Waals surface area (Å²) in [6.07, 6.45) is 4.71. The van der Waals surface area contributed by atoms with Gasteiger partial charge in [0.2, 0.25) is 0 Å². The molecule has 1 aromatic carbocycles. The first-order valence-electron chi connectivity index (χ1n) is 7.91. The van der Waals surface area contributed by atoms with Crippen LogP contribution in [0.3, 0.4) is 0 Å². The van der Waals surface area contributed by atoms with E-state index in [0.717, 1.165) is 39.7 Å². The molecule has 0 aliphatic heterocycles. The maximum atomic E-state index is 6.23. The van der Waals surface area contributed by atoms with Crippen LogP contribution in [-0.2, 0) is 12.8 Å². The third-order valence-electron chi connectivity index (χ3n) is 4.16. The smallest absolute Gasteiger partial charge is 0.126 e. The highest BCUT2D eigenvalue weighted by Gasteiger charge is 2.12. The van der Waals surface area contributed by atoms with Crippen LogP contribution < -0.4 is 5.73 Å². The quantitative estimate of drug-likeness (QED) is 0.546. The predicted octanol–water partition coefficient (Wildman–Crippen LogP) is 4.37. The van der Waals surface area contributed by atoms with Gasteiger partial charge in [-0.2, -0.15) is 0 Å². The zero-order chi connectivity index (χ0) is 18.0. The molecule has 128 valence electrons. The van der Waals surface area contributed by atoms with E-state index in [9.17, 15) is 0 Å². The molecule has 6 heteroatoms. The zero-order valence-corrected chi connectivity index (χ0v) is 15.6. The minimum absolute atomic E-state index is 0.507. The molecule has 0 radical (unpaired) electrons. The highest BCUT2D eigenvalue weighted by molar-refractivity contribution is 6.35. The monoisotopic (exact) mass is 372 g/mol. The van der Waals surface area contributed by atoms with Crippen molar-refractivity contribution in [3.05, 3.63) is 69.1 Å². The minimum Gasteiger partial charge on any atom is -0.383 e. The molecule has 0 unspecified atom stereocenters. The Labute approximate surface area is 156 Å². The second-order valence-corrected chi connectivity index (χ2v) is 6.63. The Hall–Kier alpha value is -2.17. The van der Waals surface area contributed by atoms with Crippen LogP contribution in [0.15, 0.2) is 41.7 Å². The van der Waals surface area contributed by atoms with Crippen LogP contribution in [0.1, 0.15) is 22.4 Å². The minimum atomic E-state index is 0.507. The number of benzene rings is 1. The van der Waals surface area contributed by atoms with Crippen molar-refractivity contribution in [2.24, 2.45) is 10.7 Å². The molecule has 0 aliphatic rings. The Balaban J connectivity index is 2.04. The lowest BCUT2D eigenvalue weighted by Crippen LogP contribution is -2.14. The summed E-state index contributed by atoms with van der Waals surface area (Å²) in [5.74, 6) is 0.507. The molecule has 0 saturated heterocycles. The van der Waals surface area contributed by atoms with Gasteiger partial charge in [-0.15, -0.1) is 0 Å². The van der Waals surface area contributed by atoms with E-state index in [1.807, 2.05) is 25.1 Å². The molecule has 2 N–H and O–H groups in total. The van der Waals surface area contributed by atoms with Gasteiger partial charge in [-0.3, -0.25) is 15.0 Å². The molecule has 0 fully saturated rings. The average molecular weight is 373 g/mol. The number of para-hydroxylation sites is 1. The van der Waals surface area contributed by atoms with Gasteiger partial charge in [-0.05, 0) is 37.0 Å². The molecule has 0 atom stereocenters. The Kier molecular flexibility index (Phi) is 5.21. The van der Waals surface area contributed by atoms with E-state index in [-0.39, 0.29) is 0 Å². The number of halogens is 2. The fourth-order valence-corrected chi connectivity index (χ4v) is 3.46. The molecule has 4 nitrogen and oxygen atoms in total. The van der Waals surface area contributed by atoms with Crippen LogP contribution in [-0.4, -0.2) is 22.9 Å². The summed E-state index contributed by atoms with van der Waals surface area (Å²) >= 11 is 12.5. The second kappa shape index (κ2) is 7.38. The van der Waals surface area contributed by atoms with Crippen molar-refractivity contribution in [2.75, 3.05) is 7.05 Å². The topological polar surface area (TPSA) is 64.2 Å². The molecule has 0 saturated carbocycles. The van der Waals surface area contributed by atoms with Crippen molar-refractivity contribution >= 4 is 39.9 Å². The molecule has 3 rings (SSSR count). The van der Waals surface area contributed by atoms with Gasteiger partial charge in [0.15, 0.2) is 0 Å². The highest BCUT2D eigenvalue weighted by atomic mass is 35.5. The largest absolute Gasteiger partial charge is 0.383 e. The SMILES string of the molecule is CN=C(N)c1cc(C)nc2c(CCc3c(Cl)cncc3Cl)cccc12. The molecule has 2 aromatic heterocycles. The van der Waals surface area contributed by atoms with Crippen molar-refractivity contribution in [3.63, 3.8) is 0 Å². The zero-order valence-electron chi connectivity index (χ0n) is 14.1. The molecular formula is C19H18Cl2N4. The highest BCUT2D eigenvalue weighted by Crippen LogP contribution is 2.27. The number of aliphatic imine (C=N–C) groups is 1. The van der Waals surface area contributed by atoms with Crippen LogP contribution in [0, 0.1) is 6.92 Å². The average Bonchev–Trinajstić information content (AvgIpc) is 2.60. The van der Waals surface area contributed by atoms with E-state index < -0.39 is 0 Å². The Morgan fingerprint density at radius 1 is 1.16 bits per heavy atom. The lowest BCUT2D eigenvalue weighted by molar-refractivity contribution is 0.959. The van der Waals surface area contributed by atoms with Crippen molar-refractivity contribution in [1.29, 1.82) is 0 Å². The van der Waals surface area contributed by atoms with Crippen molar-refractivity contribution in [2.45, 2.75) is 19.8 Å². The number of pyridine rings is 2. The Morgan fingerprint density at radius 2 is 1.88 bits per heavy atom. The molecule has 0 bridgehead atoms. The number of aryl methyl sites for hydroxylation is 2. The standard InChI is InChI=1S/C19H18Cl2N4/c1-11-8-15(19(22)23-2)13-5-3-4-12(18(13)25-11)6-7-14-16(20)9-24-10-17(14)21/h3-5,8-10H,6-7H2,1-2H3,(H2,22,23). The fourth-order valence-electron chi connectivity index (χ4n) is 2.91. The molecule has 0 aliphatic carbocycles. The summed E-state index contributed by atoms with van der Waals surface area (Å²) in [5, 5.41) is 2.16. The summed E-state index contributed by atoms with van der Waals surface area (Å²) < 4.78 is 0. The summed E-state index contributed by atoms with van der Waals surface area (Å²) in [7, 11) is 1.69. The van der Waals surface area contributed by atoms with E-state index in [0.29, 0.717) is 22.3 Å². The third-order valence-corrected chi connectivity index (χ3v) is 4.82. The van der Waals surface area contributed by atoms with E-state index in [2.05, 4.69) is 16.0 Å². The number of nitrogens with two attached hydrogens (primary N) is 1. The summed E-state index contributed by atoms with van der Waals surface area (Å²) in [4.78, 5) is 12.8. The molecular weight excluding hydrogens is 355 g/mol. The first-order chi connectivity index (χ1) is 12.0. The van der Waals surface area contributed by atoms with E-state index in [1.165, 1.54) is 0 Å². The van der Waals surface area contributed by atoms with Gasteiger partial charge in [-0.1, -0.05) is 41.4 Å². The summed E-state index contributed by atoms with van der Waals surface area (Å²) in [6, 6.07) is 8.06. The number of rotatable bonds is 4. The number of fused-ring (bicyclic) bond motifs is 1. The Bertz CT molecular complexity index is 947. The second-order valence-electron chi connectivity index (χ2n) is 5.82. The van der Waals surface area contributed by atoms with Gasteiger partial charge >= 0.3 is 0 Å². The maximum Gasteiger partial charge on any atom is 0.126 e. The van der Waals surface area contributed by atoms with Crippen molar-refractivity contribution < 1.29 is 0 Å². The number of aromatic nitrogens is 2. The van der Waals surface area contributed by atoms with E-state index in [4.69, 9.17) is 33.9 Å². The molecule has 2 heterocycles. The van der Waals surface area contributed by atoms with Gasteiger partial charge in [0.1, 0.15) is 5.84 Å². The lowest BCUT2D eigenvalue weighted by Gasteiger charge is -2.12. The third kappa shape index (κ3) is 3.60. The molecule has 25 heavy (non-hydrogen) atoms. The van der Waals surface area contributed by atoms with Crippen molar-refractivity contribution in [3.8, 4) is 0 Å². The van der Waals surface area contributed by atoms with E-state index in [1.54, 1.807) is 19.4 Å². The molecule has 0 spiro atoms. The van der Waals surface area contributed by atoms with Gasteiger partial charge in [0.25, 0.3) is 0 Å². The number of hydrogen-bond donors (Lipinski definition) is 1. The lowest BCUT2D eigenvalue weighted by atomic mass is 9.99. The summed E-state index contributed by atoms with van der Waals surface area (Å²) in [6.45, 7) is 1.96. The maximum absolute atomic E-state index is 6.23. The first kappa shape index (κ1) is 17.6. The van der Waals surface area contributed by atoms with Gasteiger partial charge in [0.05, 0.1) is 15.6 Å². The van der Waals surface area contributed by atoms with Gasteiger partial charge in [0, 0.05) is 36.1 Å². The van der Waals surface area contributed by atoms with E-state index >= 15 is 0 Å². The molecule has 0 amide bonds. The fraction of sp³-hybridized carbons (Fsp3) is 0.211. The van der Waals surface area contributed by atoms with Crippen LogP contribution in [0.2, 0.25) is 10.0 Å². The Morgan fingerprint density at radius 3 is 2.56 bits per heavy atom.